The van der Waals surface area contributed by atoms with Crippen molar-refractivity contribution in [2.75, 3.05) is 11.4 Å². The zero-order chi connectivity index (χ0) is 22.5. The number of amides is 2. The number of nitrogens with zero attached hydrogens (tertiary/aromatic N) is 3. The third-order valence-electron chi connectivity index (χ3n) is 5.23. The zero-order valence-corrected chi connectivity index (χ0v) is 17.7. The number of hydrogen-bond donors (Lipinski definition) is 1. The maximum Gasteiger partial charge on any atom is 0.251 e. The van der Waals surface area contributed by atoms with E-state index in [-0.39, 0.29) is 24.9 Å². The maximum atomic E-state index is 13.2. The van der Waals surface area contributed by atoms with Gasteiger partial charge in [0.05, 0.1) is 17.6 Å². The second-order valence-electron chi connectivity index (χ2n) is 7.27. The van der Waals surface area contributed by atoms with E-state index in [1.54, 1.807) is 4.90 Å². The molecule has 0 unspecified atom stereocenters. The molecule has 0 saturated carbocycles. The molecular formula is C25H23FN4O2. The maximum absolute atomic E-state index is 13.2. The third-order valence-corrected chi connectivity index (χ3v) is 5.23. The first-order chi connectivity index (χ1) is 15.6. The molecule has 1 heterocycles. The number of para-hydroxylation sites is 3. The fourth-order valence-corrected chi connectivity index (χ4v) is 3.63. The highest BCUT2D eigenvalue weighted by atomic mass is 19.1. The number of aromatic nitrogens is 2. The lowest BCUT2D eigenvalue weighted by Gasteiger charge is -2.22. The van der Waals surface area contributed by atoms with Gasteiger partial charge in [-0.3, -0.25) is 9.59 Å². The molecule has 0 bridgehead atoms. The number of carbonyl (C=O) groups excluding carboxylic acids is 2. The quantitative estimate of drug-likeness (QED) is 0.479. The average Bonchev–Trinajstić information content (AvgIpc) is 3.16. The van der Waals surface area contributed by atoms with E-state index in [1.165, 1.54) is 24.3 Å². The summed E-state index contributed by atoms with van der Waals surface area (Å²) in [4.78, 5) is 32.0. The molecule has 32 heavy (non-hydrogen) atoms. The lowest BCUT2D eigenvalue weighted by atomic mass is 10.2. The van der Waals surface area contributed by atoms with Crippen LogP contribution in [0.5, 0.6) is 0 Å². The number of carbonyl (C=O) groups is 2. The highest BCUT2D eigenvalue weighted by molar-refractivity contribution is 5.95. The van der Waals surface area contributed by atoms with Gasteiger partial charge in [0, 0.05) is 17.8 Å². The molecule has 0 atom stereocenters. The van der Waals surface area contributed by atoms with Crippen LogP contribution in [-0.2, 0) is 17.9 Å². The molecule has 3 aromatic carbocycles. The number of halogens is 1. The van der Waals surface area contributed by atoms with Gasteiger partial charge in [-0.1, -0.05) is 30.3 Å². The monoisotopic (exact) mass is 430 g/mol. The molecule has 0 aliphatic rings. The van der Waals surface area contributed by atoms with E-state index in [0.717, 1.165) is 16.7 Å². The molecule has 2 amide bonds. The van der Waals surface area contributed by atoms with Gasteiger partial charge in [0.25, 0.3) is 5.91 Å². The number of likely N-dealkylation sites (N-methyl/N-ethyl adjacent to an activating group) is 1. The van der Waals surface area contributed by atoms with Crippen LogP contribution < -0.4 is 10.2 Å². The van der Waals surface area contributed by atoms with Gasteiger partial charge in [-0.15, -0.1) is 0 Å². The summed E-state index contributed by atoms with van der Waals surface area (Å²) in [5, 5.41) is 2.81. The Kier molecular flexibility index (Phi) is 6.26. The van der Waals surface area contributed by atoms with Crippen LogP contribution in [0.4, 0.5) is 10.1 Å². The molecule has 4 aromatic rings. The molecule has 0 saturated heterocycles. The Hall–Kier alpha value is -4.00. The topological polar surface area (TPSA) is 67.2 Å². The van der Waals surface area contributed by atoms with Crippen LogP contribution in [0.15, 0.2) is 78.9 Å². The number of hydrogen-bond acceptors (Lipinski definition) is 3. The van der Waals surface area contributed by atoms with E-state index in [4.69, 9.17) is 0 Å². The van der Waals surface area contributed by atoms with Crippen molar-refractivity contribution in [1.29, 1.82) is 0 Å². The Labute approximate surface area is 185 Å². The fraction of sp³-hybridized carbons (Fsp3) is 0.160. The minimum atomic E-state index is -0.402. The summed E-state index contributed by atoms with van der Waals surface area (Å²) in [6, 6.07) is 22.4. The molecule has 1 aromatic heterocycles. The standard InChI is InChI=1S/C25H23FN4O2/c1-2-29(20-8-4-3-5-9-20)24(31)17-30-22-11-7-6-10-21(22)28-23(30)16-27-25(32)18-12-14-19(26)15-13-18/h3-15H,2,16-17H2,1H3,(H,27,32). The highest BCUT2D eigenvalue weighted by Gasteiger charge is 2.19. The van der Waals surface area contributed by atoms with Crippen LogP contribution >= 0.6 is 0 Å². The van der Waals surface area contributed by atoms with E-state index in [1.807, 2.05) is 66.1 Å². The molecule has 0 aliphatic carbocycles. The van der Waals surface area contributed by atoms with Gasteiger partial charge in [0.2, 0.25) is 5.91 Å². The van der Waals surface area contributed by atoms with E-state index >= 15 is 0 Å². The normalized spacial score (nSPS) is 10.8. The SMILES string of the molecule is CCN(C(=O)Cn1c(CNC(=O)c2ccc(F)cc2)nc2ccccc21)c1ccccc1. The summed E-state index contributed by atoms with van der Waals surface area (Å²) in [5.74, 6) is -0.248. The number of nitrogens with one attached hydrogen (secondary N) is 1. The smallest absolute Gasteiger partial charge is 0.251 e. The third kappa shape index (κ3) is 4.51. The predicted octanol–water partition coefficient (Wildman–Crippen LogP) is 4.16. The van der Waals surface area contributed by atoms with Gasteiger partial charge in [0.15, 0.2) is 0 Å². The second kappa shape index (κ2) is 9.43. The minimum absolute atomic E-state index is 0.0760. The van der Waals surface area contributed by atoms with Crippen LogP contribution in [0.3, 0.4) is 0 Å². The van der Waals surface area contributed by atoms with E-state index < -0.39 is 5.82 Å². The number of fused-ring (bicyclic) bond motifs is 1. The Bertz CT molecular complexity index is 1240. The van der Waals surface area contributed by atoms with Crippen molar-refractivity contribution < 1.29 is 14.0 Å². The Balaban J connectivity index is 1.58. The molecule has 0 spiro atoms. The van der Waals surface area contributed by atoms with Crippen LogP contribution in [0.1, 0.15) is 23.1 Å². The Morgan fingerprint density at radius 1 is 0.969 bits per heavy atom. The predicted molar refractivity (Wildman–Crippen MR) is 122 cm³/mol. The highest BCUT2D eigenvalue weighted by Crippen LogP contribution is 2.19. The van der Waals surface area contributed by atoms with Gasteiger partial charge < -0.3 is 14.8 Å². The van der Waals surface area contributed by atoms with Crippen molar-refractivity contribution in [1.82, 2.24) is 14.9 Å². The van der Waals surface area contributed by atoms with Gasteiger partial charge in [0.1, 0.15) is 18.2 Å². The molecular weight excluding hydrogens is 407 g/mol. The first-order valence-electron chi connectivity index (χ1n) is 10.4. The van der Waals surface area contributed by atoms with E-state index in [2.05, 4.69) is 10.3 Å². The molecule has 6 nitrogen and oxygen atoms in total. The molecule has 0 radical (unpaired) electrons. The largest absolute Gasteiger partial charge is 0.345 e. The van der Waals surface area contributed by atoms with Crippen LogP contribution in [0.2, 0.25) is 0 Å². The number of rotatable bonds is 7. The summed E-state index contributed by atoms with van der Waals surface area (Å²) in [5.41, 5.74) is 2.74. The fourth-order valence-electron chi connectivity index (χ4n) is 3.63. The number of imidazole rings is 1. The van der Waals surface area contributed by atoms with Gasteiger partial charge in [-0.05, 0) is 55.5 Å². The minimum Gasteiger partial charge on any atom is -0.345 e. The summed E-state index contributed by atoms with van der Waals surface area (Å²) >= 11 is 0. The zero-order valence-electron chi connectivity index (χ0n) is 17.7. The molecule has 7 heteroatoms. The average molecular weight is 430 g/mol. The summed E-state index contributed by atoms with van der Waals surface area (Å²) in [7, 11) is 0. The van der Waals surface area contributed by atoms with E-state index in [9.17, 15) is 14.0 Å². The Morgan fingerprint density at radius 2 is 1.66 bits per heavy atom. The summed E-state index contributed by atoms with van der Waals surface area (Å²) < 4.78 is 15.0. The Morgan fingerprint density at radius 3 is 2.38 bits per heavy atom. The molecule has 1 N–H and O–H groups in total. The van der Waals surface area contributed by atoms with Gasteiger partial charge >= 0.3 is 0 Å². The van der Waals surface area contributed by atoms with Crippen molar-refractivity contribution in [3.63, 3.8) is 0 Å². The molecule has 4 rings (SSSR count). The van der Waals surface area contributed by atoms with Crippen molar-refractivity contribution >= 4 is 28.5 Å². The second-order valence-corrected chi connectivity index (χ2v) is 7.27. The first kappa shape index (κ1) is 21.2. The molecule has 0 fully saturated rings. The van der Waals surface area contributed by atoms with Crippen molar-refractivity contribution in [3.8, 4) is 0 Å². The molecule has 0 aliphatic heterocycles. The van der Waals surface area contributed by atoms with Gasteiger partial charge in [-0.2, -0.15) is 0 Å². The summed E-state index contributed by atoms with van der Waals surface area (Å²) in [6.45, 7) is 2.69. The molecule has 162 valence electrons. The van der Waals surface area contributed by atoms with Crippen LogP contribution in [0, 0.1) is 5.82 Å². The number of benzene rings is 3. The first-order valence-corrected chi connectivity index (χ1v) is 10.4. The van der Waals surface area contributed by atoms with Crippen LogP contribution in [-0.4, -0.2) is 27.9 Å². The lowest BCUT2D eigenvalue weighted by Crippen LogP contribution is -2.34. The van der Waals surface area contributed by atoms with Crippen LogP contribution in [0.25, 0.3) is 11.0 Å². The van der Waals surface area contributed by atoms with Crippen molar-refractivity contribution in [2.45, 2.75) is 20.0 Å². The lowest BCUT2D eigenvalue weighted by molar-refractivity contribution is -0.119. The van der Waals surface area contributed by atoms with E-state index in [0.29, 0.717) is 17.9 Å². The summed E-state index contributed by atoms with van der Waals surface area (Å²) in [6.07, 6.45) is 0. The number of anilines is 1. The van der Waals surface area contributed by atoms with Gasteiger partial charge in [-0.25, -0.2) is 9.37 Å². The van der Waals surface area contributed by atoms with Crippen molar-refractivity contribution in [2.24, 2.45) is 0 Å². The van der Waals surface area contributed by atoms with Crippen molar-refractivity contribution in [3.05, 3.63) is 96.1 Å².